The molecule has 1 aromatic heterocycles. The van der Waals surface area contributed by atoms with Crippen molar-refractivity contribution in [1.29, 1.82) is 0 Å². The zero-order chi connectivity index (χ0) is 18.2. The molecule has 25 heavy (non-hydrogen) atoms. The number of carbonyl (C=O) groups is 1. The van der Waals surface area contributed by atoms with Gasteiger partial charge in [-0.15, -0.1) is 0 Å². The molecule has 1 atom stereocenters. The molecular formula is C18H27N5O2. The van der Waals surface area contributed by atoms with Crippen LogP contribution in [0.3, 0.4) is 0 Å². The molecule has 0 radical (unpaired) electrons. The monoisotopic (exact) mass is 345 g/mol. The first kappa shape index (κ1) is 17.4. The van der Waals surface area contributed by atoms with E-state index in [1.165, 1.54) is 0 Å². The summed E-state index contributed by atoms with van der Waals surface area (Å²) >= 11 is 0. The molecule has 2 heterocycles. The summed E-state index contributed by atoms with van der Waals surface area (Å²) in [6.07, 6.45) is 1.57. The summed E-state index contributed by atoms with van der Waals surface area (Å²) in [5.74, 6) is 0.899. The highest BCUT2D eigenvalue weighted by atomic mass is 16.6. The minimum atomic E-state index is -0.490. The minimum Gasteiger partial charge on any atom is -0.444 e. The van der Waals surface area contributed by atoms with E-state index in [-0.39, 0.29) is 12.1 Å². The van der Waals surface area contributed by atoms with Gasteiger partial charge in [-0.3, -0.25) is 0 Å². The third kappa shape index (κ3) is 3.97. The molecule has 3 rings (SSSR count). The van der Waals surface area contributed by atoms with Gasteiger partial charge in [0, 0.05) is 31.9 Å². The van der Waals surface area contributed by atoms with Crippen LogP contribution in [0.1, 0.15) is 33.6 Å². The summed E-state index contributed by atoms with van der Waals surface area (Å²) in [5, 5.41) is 2.98. The van der Waals surface area contributed by atoms with Crippen LogP contribution < -0.4 is 16.0 Å². The number of alkyl carbamates (subject to hydrolysis) is 1. The van der Waals surface area contributed by atoms with Crippen molar-refractivity contribution in [2.24, 2.45) is 7.05 Å². The highest BCUT2D eigenvalue weighted by molar-refractivity contribution is 5.82. The molecule has 2 aromatic rings. The van der Waals surface area contributed by atoms with Gasteiger partial charge in [0.15, 0.2) is 0 Å². The van der Waals surface area contributed by atoms with E-state index in [1.54, 1.807) is 0 Å². The fourth-order valence-electron chi connectivity index (χ4n) is 3.24. The Balaban J connectivity index is 1.73. The SMILES string of the molecule is Cn1c(N2CCC[C@@H](NC(=O)OC(C)(C)C)C2)nc2cc(N)ccc21. The lowest BCUT2D eigenvalue weighted by Crippen LogP contribution is -2.49. The number of aryl methyl sites for hydroxylation is 1. The van der Waals surface area contributed by atoms with E-state index in [4.69, 9.17) is 15.5 Å². The summed E-state index contributed by atoms with van der Waals surface area (Å²) in [7, 11) is 2.01. The number of benzene rings is 1. The number of ether oxygens (including phenoxy) is 1. The van der Waals surface area contributed by atoms with Crippen molar-refractivity contribution in [2.45, 2.75) is 45.3 Å². The average Bonchev–Trinajstić information content (AvgIpc) is 2.82. The van der Waals surface area contributed by atoms with Gasteiger partial charge in [-0.2, -0.15) is 0 Å². The lowest BCUT2D eigenvalue weighted by atomic mass is 10.1. The van der Waals surface area contributed by atoms with E-state index in [1.807, 2.05) is 46.0 Å². The number of anilines is 2. The largest absolute Gasteiger partial charge is 0.444 e. The maximum Gasteiger partial charge on any atom is 0.407 e. The summed E-state index contributed by atoms with van der Waals surface area (Å²) < 4.78 is 7.44. The van der Waals surface area contributed by atoms with Gasteiger partial charge in [-0.1, -0.05) is 0 Å². The van der Waals surface area contributed by atoms with Gasteiger partial charge in [-0.25, -0.2) is 9.78 Å². The molecule has 0 saturated carbocycles. The van der Waals surface area contributed by atoms with Crippen molar-refractivity contribution in [1.82, 2.24) is 14.9 Å². The molecule has 1 amide bonds. The topological polar surface area (TPSA) is 85.4 Å². The maximum absolute atomic E-state index is 12.0. The molecule has 1 aliphatic rings. The Morgan fingerprint density at radius 1 is 1.40 bits per heavy atom. The van der Waals surface area contributed by atoms with E-state index in [0.717, 1.165) is 36.4 Å². The summed E-state index contributed by atoms with van der Waals surface area (Å²) in [6.45, 7) is 7.23. The van der Waals surface area contributed by atoms with Crippen LogP contribution in [-0.2, 0) is 11.8 Å². The number of amides is 1. The predicted molar refractivity (Wildman–Crippen MR) is 99.7 cm³/mol. The Bertz CT molecular complexity index is 778. The molecule has 7 nitrogen and oxygen atoms in total. The number of nitrogen functional groups attached to an aromatic ring is 1. The number of piperidine rings is 1. The number of nitrogens with zero attached hydrogens (tertiary/aromatic N) is 3. The number of hydrogen-bond donors (Lipinski definition) is 2. The fraction of sp³-hybridized carbons (Fsp3) is 0.556. The highest BCUT2D eigenvalue weighted by Gasteiger charge is 2.26. The van der Waals surface area contributed by atoms with Crippen LogP contribution in [-0.4, -0.2) is 40.4 Å². The average molecular weight is 345 g/mol. The molecule has 1 fully saturated rings. The number of rotatable bonds is 2. The normalized spacial score (nSPS) is 18.4. The van der Waals surface area contributed by atoms with Gasteiger partial charge in [0.2, 0.25) is 5.95 Å². The maximum atomic E-state index is 12.0. The van der Waals surface area contributed by atoms with Crippen molar-refractivity contribution < 1.29 is 9.53 Å². The molecule has 1 aromatic carbocycles. The van der Waals surface area contributed by atoms with Crippen molar-refractivity contribution in [2.75, 3.05) is 23.7 Å². The van der Waals surface area contributed by atoms with Gasteiger partial charge in [0.25, 0.3) is 0 Å². The van der Waals surface area contributed by atoms with Crippen LogP contribution in [0.4, 0.5) is 16.4 Å². The number of carbonyl (C=O) groups excluding carboxylic acids is 1. The molecule has 1 aliphatic heterocycles. The van der Waals surface area contributed by atoms with Crippen LogP contribution >= 0.6 is 0 Å². The number of nitrogens with two attached hydrogens (primary N) is 1. The zero-order valence-electron chi connectivity index (χ0n) is 15.4. The van der Waals surface area contributed by atoms with E-state index in [9.17, 15) is 4.79 Å². The quantitative estimate of drug-likeness (QED) is 0.817. The molecule has 136 valence electrons. The molecule has 7 heteroatoms. The predicted octanol–water partition coefficient (Wildman–Crippen LogP) is 2.65. The Labute approximate surface area is 148 Å². The number of nitrogens with one attached hydrogen (secondary N) is 1. The summed E-state index contributed by atoms with van der Waals surface area (Å²) in [6, 6.07) is 5.81. The number of aromatic nitrogens is 2. The Morgan fingerprint density at radius 2 is 2.16 bits per heavy atom. The fourth-order valence-corrected chi connectivity index (χ4v) is 3.24. The minimum absolute atomic E-state index is 0.0495. The van der Waals surface area contributed by atoms with Gasteiger partial charge in [-0.05, 0) is 51.8 Å². The third-order valence-corrected chi connectivity index (χ3v) is 4.31. The zero-order valence-corrected chi connectivity index (χ0v) is 15.4. The number of fused-ring (bicyclic) bond motifs is 1. The highest BCUT2D eigenvalue weighted by Crippen LogP contribution is 2.25. The molecule has 0 bridgehead atoms. The lowest BCUT2D eigenvalue weighted by molar-refractivity contribution is 0.0500. The van der Waals surface area contributed by atoms with Gasteiger partial charge < -0.3 is 25.3 Å². The first-order chi connectivity index (χ1) is 11.7. The molecule has 0 spiro atoms. The van der Waals surface area contributed by atoms with E-state index in [0.29, 0.717) is 12.2 Å². The van der Waals surface area contributed by atoms with Crippen molar-refractivity contribution >= 4 is 28.8 Å². The summed E-state index contributed by atoms with van der Waals surface area (Å²) in [5.41, 5.74) is 8.02. The number of hydrogen-bond acceptors (Lipinski definition) is 5. The molecule has 0 unspecified atom stereocenters. The van der Waals surface area contributed by atoms with Crippen molar-refractivity contribution in [3.63, 3.8) is 0 Å². The van der Waals surface area contributed by atoms with Crippen LogP contribution in [0.2, 0.25) is 0 Å². The molecule has 3 N–H and O–H groups in total. The van der Waals surface area contributed by atoms with Crippen LogP contribution in [0.5, 0.6) is 0 Å². The molecule has 0 aliphatic carbocycles. The Kier molecular flexibility index (Phi) is 4.49. The summed E-state index contributed by atoms with van der Waals surface area (Å²) in [4.78, 5) is 19.0. The van der Waals surface area contributed by atoms with Crippen molar-refractivity contribution in [3.8, 4) is 0 Å². The van der Waals surface area contributed by atoms with Crippen molar-refractivity contribution in [3.05, 3.63) is 18.2 Å². The van der Waals surface area contributed by atoms with E-state index in [2.05, 4.69) is 14.8 Å². The van der Waals surface area contributed by atoms with Gasteiger partial charge in [0.1, 0.15) is 5.60 Å². The first-order valence-corrected chi connectivity index (χ1v) is 8.69. The molecular weight excluding hydrogens is 318 g/mol. The van der Waals surface area contributed by atoms with Crippen LogP contribution in [0.25, 0.3) is 11.0 Å². The second kappa shape index (κ2) is 6.46. The third-order valence-electron chi connectivity index (χ3n) is 4.31. The number of imidazole rings is 1. The van der Waals surface area contributed by atoms with Gasteiger partial charge >= 0.3 is 6.09 Å². The second-order valence-electron chi connectivity index (χ2n) is 7.65. The van der Waals surface area contributed by atoms with Gasteiger partial charge in [0.05, 0.1) is 11.0 Å². The smallest absolute Gasteiger partial charge is 0.407 e. The second-order valence-corrected chi connectivity index (χ2v) is 7.65. The van der Waals surface area contributed by atoms with E-state index >= 15 is 0 Å². The standard InChI is InChI=1S/C18H27N5O2/c1-18(2,3)25-17(24)20-13-6-5-9-23(11-13)16-21-14-10-12(19)7-8-15(14)22(16)4/h7-8,10,13H,5-6,9,11,19H2,1-4H3,(H,20,24)/t13-/m1/s1. The van der Waals surface area contributed by atoms with E-state index < -0.39 is 5.60 Å². The lowest BCUT2D eigenvalue weighted by Gasteiger charge is -2.34. The Hall–Kier alpha value is -2.44. The molecule has 1 saturated heterocycles. The van der Waals surface area contributed by atoms with Crippen LogP contribution in [0.15, 0.2) is 18.2 Å². The Morgan fingerprint density at radius 3 is 2.88 bits per heavy atom. The first-order valence-electron chi connectivity index (χ1n) is 8.69. The van der Waals surface area contributed by atoms with Crippen LogP contribution in [0, 0.1) is 0 Å².